The molecule has 13 heavy (non-hydrogen) atoms. The van der Waals surface area contributed by atoms with Crippen molar-refractivity contribution < 1.29 is 14.3 Å². The number of hydrogen-bond acceptors (Lipinski definition) is 3. The number of rotatable bonds is 7. The molecule has 76 valence electrons. The lowest BCUT2D eigenvalue weighted by Crippen LogP contribution is -2.26. The van der Waals surface area contributed by atoms with E-state index in [-0.39, 0.29) is 18.6 Å². The van der Waals surface area contributed by atoms with Gasteiger partial charge in [0.15, 0.2) is 0 Å². The number of carbonyl (C=O) groups is 2. The molecule has 1 amide bonds. The summed E-state index contributed by atoms with van der Waals surface area (Å²) >= 11 is 0. The molecule has 0 aliphatic rings. The van der Waals surface area contributed by atoms with Crippen LogP contribution in [0.25, 0.3) is 0 Å². The number of amides is 1. The van der Waals surface area contributed by atoms with Crippen molar-refractivity contribution in [1.29, 1.82) is 0 Å². The van der Waals surface area contributed by atoms with Crippen LogP contribution in [0.3, 0.4) is 0 Å². The van der Waals surface area contributed by atoms with E-state index in [0.717, 1.165) is 19.3 Å². The van der Waals surface area contributed by atoms with Gasteiger partial charge in [0.1, 0.15) is 6.54 Å². The zero-order valence-corrected chi connectivity index (χ0v) is 8.21. The number of unbranched alkanes of at least 4 members (excludes halogenated alkanes) is 1. The Balaban J connectivity index is 3.46. The highest BCUT2D eigenvalue weighted by molar-refractivity contribution is 5.74. The van der Waals surface area contributed by atoms with E-state index in [9.17, 15) is 9.59 Å². The van der Waals surface area contributed by atoms with Crippen LogP contribution < -0.4 is 5.32 Å². The lowest BCUT2D eigenvalue weighted by Gasteiger charge is -2.11. The molecule has 0 bridgehead atoms. The van der Waals surface area contributed by atoms with E-state index in [0.29, 0.717) is 6.41 Å². The van der Waals surface area contributed by atoms with Crippen LogP contribution in [0.4, 0.5) is 0 Å². The molecule has 0 saturated carbocycles. The largest absolute Gasteiger partial charge is 0.461 e. The zero-order valence-electron chi connectivity index (χ0n) is 8.21. The van der Waals surface area contributed by atoms with E-state index in [2.05, 4.69) is 12.2 Å². The molecule has 0 radical (unpaired) electrons. The standard InChI is InChI=1S/C9H17NO3/c1-3-4-5-8(2)13-9(12)6-10-7-11/h7-8H,3-6H2,1-2H3,(H,10,11)/t8-/m0/s1. The van der Waals surface area contributed by atoms with Gasteiger partial charge in [-0.3, -0.25) is 9.59 Å². The highest BCUT2D eigenvalue weighted by Crippen LogP contribution is 2.03. The van der Waals surface area contributed by atoms with Crippen LogP contribution in [-0.4, -0.2) is 25.0 Å². The first kappa shape index (κ1) is 11.9. The highest BCUT2D eigenvalue weighted by Gasteiger charge is 2.07. The van der Waals surface area contributed by atoms with Crippen molar-refractivity contribution in [2.24, 2.45) is 0 Å². The summed E-state index contributed by atoms with van der Waals surface area (Å²) in [6.07, 6.45) is 3.45. The van der Waals surface area contributed by atoms with Gasteiger partial charge >= 0.3 is 5.97 Å². The average Bonchev–Trinajstić information content (AvgIpc) is 2.11. The summed E-state index contributed by atoms with van der Waals surface area (Å²) < 4.78 is 4.99. The SMILES string of the molecule is CCCC[C@H](C)OC(=O)CNC=O. The molecule has 0 aliphatic heterocycles. The smallest absolute Gasteiger partial charge is 0.325 e. The summed E-state index contributed by atoms with van der Waals surface area (Å²) in [5, 5.41) is 2.25. The van der Waals surface area contributed by atoms with Gasteiger partial charge in [0.2, 0.25) is 6.41 Å². The molecular formula is C9H17NO3. The van der Waals surface area contributed by atoms with E-state index in [4.69, 9.17) is 4.74 Å². The van der Waals surface area contributed by atoms with Crippen molar-refractivity contribution in [3.63, 3.8) is 0 Å². The first-order valence-electron chi connectivity index (χ1n) is 4.57. The van der Waals surface area contributed by atoms with Gasteiger partial charge in [-0.15, -0.1) is 0 Å². The summed E-state index contributed by atoms with van der Waals surface area (Å²) in [7, 11) is 0. The van der Waals surface area contributed by atoms with Crippen LogP contribution in [0.15, 0.2) is 0 Å². The summed E-state index contributed by atoms with van der Waals surface area (Å²) in [6, 6.07) is 0. The minimum absolute atomic E-state index is 0.0417. The van der Waals surface area contributed by atoms with Crippen LogP contribution >= 0.6 is 0 Å². The Hall–Kier alpha value is -1.06. The third-order valence-electron chi connectivity index (χ3n) is 1.63. The maximum Gasteiger partial charge on any atom is 0.325 e. The molecule has 4 nitrogen and oxygen atoms in total. The second kappa shape index (κ2) is 7.58. The number of esters is 1. The number of carbonyl (C=O) groups excluding carboxylic acids is 2. The lowest BCUT2D eigenvalue weighted by atomic mass is 10.2. The molecule has 0 aromatic rings. The molecule has 0 spiro atoms. The summed E-state index contributed by atoms with van der Waals surface area (Å²) in [5.74, 6) is -0.379. The Bertz CT molecular complexity index is 159. The quantitative estimate of drug-likeness (QED) is 0.475. The zero-order chi connectivity index (χ0) is 10.1. The molecular weight excluding hydrogens is 170 g/mol. The maximum atomic E-state index is 10.9. The summed E-state index contributed by atoms with van der Waals surface area (Å²) in [4.78, 5) is 20.8. The van der Waals surface area contributed by atoms with E-state index in [1.165, 1.54) is 0 Å². The van der Waals surface area contributed by atoms with Crippen molar-refractivity contribution in [3.05, 3.63) is 0 Å². The molecule has 0 unspecified atom stereocenters. The molecule has 1 N–H and O–H groups in total. The maximum absolute atomic E-state index is 10.9. The van der Waals surface area contributed by atoms with Gasteiger partial charge in [-0.25, -0.2) is 0 Å². The molecule has 0 rings (SSSR count). The van der Waals surface area contributed by atoms with Crippen molar-refractivity contribution in [2.45, 2.75) is 39.2 Å². The van der Waals surface area contributed by atoms with Gasteiger partial charge in [0, 0.05) is 0 Å². The van der Waals surface area contributed by atoms with Crippen LogP contribution in [0, 0.1) is 0 Å². The molecule has 0 saturated heterocycles. The van der Waals surface area contributed by atoms with E-state index >= 15 is 0 Å². The van der Waals surface area contributed by atoms with Crippen LogP contribution in [0.2, 0.25) is 0 Å². The molecule has 0 aromatic heterocycles. The Kier molecular flexibility index (Phi) is 6.96. The van der Waals surface area contributed by atoms with Gasteiger partial charge in [0.05, 0.1) is 6.10 Å². The molecule has 1 atom stereocenters. The van der Waals surface area contributed by atoms with Crippen LogP contribution in [-0.2, 0) is 14.3 Å². The van der Waals surface area contributed by atoms with E-state index < -0.39 is 0 Å². The predicted molar refractivity (Wildman–Crippen MR) is 49.1 cm³/mol. The fraction of sp³-hybridized carbons (Fsp3) is 0.778. The fourth-order valence-electron chi connectivity index (χ4n) is 0.942. The van der Waals surface area contributed by atoms with Gasteiger partial charge < -0.3 is 10.1 Å². The van der Waals surface area contributed by atoms with Gasteiger partial charge in [-0.2, -0.15) is 0 Å². The predicted octanol–water partition coefficient (Wildman–Crippen LogP) is 0.854. The number of ether oxygens (including phenoxy) is 1. The van der Waals surface area contributed by atoms with Crippen molar-refractivity contribution in [2.75, 3.05) is 6.54 Å². The second-order valence-corrected chi connectivity index (χ2v) is 2.94. The van der Waals surface area contributed by atoms with Crippen molar-refractivity contribution in [3.8, 4) is 0 Å². The summed E-state index contributed by atoms with van der Waals surface area (Å²) in [6.45, 7) is 3.90. The molecule has 0 aromatic carbocycles. The van der Waals surface area contributed by atoms with E-state index in [1.807, 2.05) is 6.92 Å². The molecule has 0 heterocycles. The number of hydrogen-bond donors (Lipinski definition) is 1. The normalized spacial score (nSPS) is 11.8. The Labute approximate surface area is 78.6 Å². The Morgan fingerprint density at radius 1 is 1.62 bits per heavy atom. The molecule has 4 heteroatoms. The van der Waals surface area contributed by atoms with Gasteiger partial charge in [-0.05, 0) is 13.3 Å². The summed E-state index contributed by atoms with van der Waals surface area (Å²) in [5.41, 5.74) is 0. The topological polar surface area (TPSA) is 55.4 Å². The second-order valence-electron chi connectivity index (χ2n) is 2.94. The van der Waals surface area contributed by atoms with Crippen LogP contribution in [0.1, 0.15) is 33.1 Å². The van der Waals surface area contributed by atoms with Crippen molar-refractivity contribution in [1.82, 2.24) is 5.32 Å². The minimum Gasteiger partial charge on any atom is -0.461 e. The first-order valence-corrected chi connectivity index (χ1v) is 4.57. The van der Waals surface area contributed by atoms with Gasteiger partial charge in [0.25, 0.3) is 0 Å². The van der Waals surface area contributed by atoms with Gasteiger partial charge in [-0.1, -0.05) is 19.8 Å². The number of nitrogens with one attached hydrogen (secondary N) is 1. The minimum atomic E-state index is -0.379. The van der Waals surface area contributed by atoms with E-state index in [1.54, 1.807) is 0 Å². The Morgan fingerprint density at radius 2 is 2.31 bits per heavy atom. The molecule has 0 aliphatic carbocycles. The van der Waals surface area contributed by atoms with Crippen LogP contribution in [0.5, 0.6) is 0 Å². The monoisotopic (exact) mass is 187 g/mol. The molecule has 0 fully saturated rings. The fourth-order valence-corrected chi connectivity index (χ4v) is 0.942. The highest BCUT2D eigenvalue weighted by atomic mass is 16.5. The third-order valence-corrected chi connectivity index (χ3v) is 1.63. The third kappa shape index (κ3) is 7.31. The van der Waals surface area contributed by atoms with Crippen molar-refractivity contribution >= 4 is 12.4 Å². The lowest BCUT2D eigenvalue weighted by molar-refractivity contribution is -0.147. The first-order chi connectivity index (χ1) is 6.20. The Morgan fingerprint density at radius 3 is 2.85 bits per heavy atom. The average molecular weight is 187 g/mol.